The van der Waals surface area contributed by atoms with Crippen LogP contribution in [0.4, 0.5) is 0 Å². The highest BCUT2D eigenvalue weighted by Gasteiger charge is 2.13. The molecular weight excluding hydrogens is 407 g/mol. The zero-order valence-electron chi connectivity index (χ0n) is 9.74. The van der Waals surface area contributed by atoms with Gasteiger partial charge in [-0.25, -0.2) is 0 Å². The van der Waals surface area contributed by atoms with Crippen molar-refractivity contribution in [3.8, 4) is 0 Å². The number of rotatable bonds is 2. The molecule has 3 rings (SSSR count). The molecule has 3 aromatic rings. The minimum atomic E-state index is 0.193. The van der Waals surface area contributed by atoms with Crippen molar-refractivity contribution < 1.29 is 0 Å². The first-order chi connectivity index (χ1) is 9.13. The van der Waals surface area contributed by atoms with Crippen LogP contribution in [0.25, 0.3) is 10.8 Å². The summed E-state index contributed by atoms with van der Waals surface area (Å²) in [4.78, 5) is 1.42. The molecule has 0 N–H and O–H groups in total. The van der Waals surface area contributed by atoms with E-state index in [1.165, 1.54) is 21.2 Å². The van der Waals surface area contributed by atoms with Crippen molar-refractivity contribution in [3.05, 3.63) is 67.8 Å². The molecule has 0 spiro atoms. The van der Waals surface area contributed by atoms with Gasteiger partial charge in [0.15, 0.2) is 0 Å². The first-order valence-electron chi connectivity index (χ1n) is 5.72. The molecule has 2 aromatic carbocycles. The fraction of sp³-hybridized carbons (Fsp3) is 0.0667. The maximum Gasteiger partial charge on any atom is 0.0931 e. The van der Waals surface area contributed by atoms with Gasteiger partial charge in [-0.3, -0.25) is 0 Å². The second kappa shape index (κ2) is 5.57. The van der Waals surface area contributed by atoms with Crippen LogP contribution in [-0.4, -0.2) is 0 Å². The van der Waals surface area contributed by atoms with E-state index in [-0.39, 0.29) is 4.83 Å². The average Bonchev–Trinajstić information content (AvgIpc) is 2.84. The Kier molecular flexibility index (Phi) is 3.99. The van der Waals surface area contributed by atoms with Crippen LogP contribution >= 0.6 is 54.8 Å². The molecule has 0 nitrogen and oxygen atoms in total. The predicted octanol–water partition coefficient (Wildman–Crippen LogP) is 6.80. The van der Waals surface area contributed by atoms with Crippen molar-refractivity contribution >= 4 is 65.6 Å². The third-order valence-corrected chi connectivity index (χ3v) is 6.08. The first-order valence-corrected chi connectivity index (χ1v) is 8.62. The minimum Gasteiger partial charge on any atom is -0.127 e. The average molecular weight is 417 g/mol. The first kappa shape index (κ1) is 13.6. The number of benzene rings is 2. The summed E-state index contributed by atoms with van der Waals surface area (Å²) in [6.07, 6.45) is 0. The summed E-state index contributed by atoms with van der Waals surface area (Å²) in [6, 6.07) is 16.9. The van der Waals surface area contributed by atoms with Gasteiger partial charge in [-0.15, -0.1) is 11.3 Å². The molecule has 0 amide bonds. The Morgan fingerprint density at radius 2 is 1.68 bits per heavy atom. The number of fused-ring (bicyclic) bond motifs is 1. The third-order valence-electron chi connectivity index (χ3n) is 2.96. The van der Waals surface area contributed by atoms with E-state index in [1.807, 2.05) is 6.07 Å². The van der Waals surface area contributed by atoms with Gasteiger partial charge in [0.25, 0.3) is 0 Å². The smallest absolute Gasteiger partial charge is 0.0931 e. The van der Waals surface area contributed by atoms with Crippen molar-refractivity contribution in [3.63, 3.8) is 0 Å². The Morgan fingerprint density at radius 1 is 0.947 bits per heavy atom. The fourth-order valence-corrected chi connectivity index (χ4v) is 4.19. The topological polar surface area (TPSA) is 0 Å². The zero-order chi connectivity index (χ0) is 13.4. The lowest BCUT2D eigenvalue weighted by molar-refractivity contribution is 1.23. The van der Waals surface area contributed by atoms with Gasteiger partial charge >= 0.3 is 0 Å². The molecule has 0 aliphatic carbocycles. The molecule has 1 unspecified atom stereocenters. The molecule has 0 saturated heterocycles. The number of alkyl halides is 1. The van der Waals surface area contributed by atoms with Gasteiger partial charge in [0.05, 0.1) is 9.16 Å². The van der Waals surface area contributed by atoms with Crippen molar-refractivity contribution in [2.45, 2.75) is 4.83 Å². The van der Waals surface area contributed by atoms with Crippen molar-refractivity contribution in [1.29, 1.82) is 0 Å². The van der Waals surface area contributed by atoms with Crippen LogP contribution in [0.1, 0.15) is 15.3 Å². The van der Waals surface area contributed by atoms with Crippen molar-refractivity contribution in [2.24, 2.45) is 0 Å². The monoisotopic (exact) mass is 414 g/mol. The van der Waals surface area contributed by atoms with E-state index >= 15 is 0 Å². The van der Waals surface area contributed by atoms with E-state index in [2.05, 4.69) is 74.3 Å². The van der Waals surface area contributed by atoms with Crippen LogP contribution < -0.4 is 0 Å². The van der Waals surface area contributed by atoms with Gasteiger partial charge in [-0.2, -0.15) is 0 Å². The minimum absolute atomic E-state index is 0.193. The Labute approximate surface area is 137 Å². The van der Waals surface area contributed by atoms with Gasteiger partial charge in [0, 0.05) is 9.35 Å². The van der Waals surface area contributed by atoms with Crippen molar-refractivity contribution in [2.75, 3.05) is 0 Å². The molecule has 0 fully saturated rings. The van der Waals surface area contributed by atoms with Gasteiger partial charge in [0.1, 0.15) is 0 Å². The van der Waals surface area contributed by atoms with E-state index in [1.54, 1.807) is 11.3 Å². The Bertz CT molecular complexity index is 736. The number of thiophene rings is 1. The highest BCUT2D eigenvalue weighted by atomic mass is 79.9. The van der Waals surface area contributed by atoms with E-state index in [4.69, 9.17) is 11.6 Å². The van der Waals surface area contributed by atoms with Crippen LogP contribution in [0.15, 0.2) is 53.0 Å². The van der Waals surface area contributed by atoms with Crippen LogP contribution in [0.3, 0.4) is 0 Å². The van der Waals surface area contributed by atoms with E-state index < -0.39 is 0 Å². The number of halogens is 3. The van der Waals surface area contributed by atoms with Gasteiger partial charge < -0.3 is 0 Å². The molecule has 1 heterocycles. The second-order valence-corrected chi connectivity index (χ2v) is 7.83. The summed E-state index contributed by atoms with van der Waals surface area (Å²) in [5, 5.41) is 2.48. The molecule has 19 heavy (non-hydrogen) atoms. The zero-order valence-corrected chi connectivity index (χ0v) is 14.5. The van der Waals surface area contributed by atoms with Crippen molar-refractivity contribution in [1.82, 2.24) is 0 Å². The molecule has 0 aliphatic heterocycles. The number of hydrogen-bond donors (Lipinski definition) is 0. The lowest BCUT2D eigenvalue weighted by atomic mass is 10.0. The second-order valence-electron chi connectivity index (χ2n) is 4.26. The maximum absolute atomic E-state index is 6.00. The summed E-state index contributed by atoms with van der Waals surface area (Å²) >= 11 is 14.9. The summed E-state index contributed by atoms with van der Waals surface area (Å²) < 4.78 is 1.93. The lowest BCUT2D eigenvalue weighted by Crippen LogP contribution is -1.89. The Balaban J connectivity index is 2.03. The molecule has 0 bridgehead atoms. The standard InChI is InChI=1S/C15H9Br2ClS/c16-12-4-3-9-7-11(2-1-10(9)8-12)15(17)13-5-6-14(18)19-13/h1-8,15H. The number of hydrogen-bond acceptors (Lipinski definition) is 1. The predicted molar refractivity (Wildman–Crippen MR) is 91.7 cm³/mol. The molecule has 0 radical (unpaired) electrons. The van der Waals surface area contributed by atoms with E-state index in [0.717, 1.165) is 8.81 Å². The summed E-state index contributed by atoms with van der Waals surface area (Å²) in [5.41, 5.74) is 1.24. The summed E-state index contributed by atoms with van der Waals surface area (Å²) in [6.45, 7) is 0. The Morgan fingerprint density at radius 3 is 2.42 bits per heavy atom. The molecular formula is C15H9Br2ClS. The van der Waals surface area contributed by atoms with Crippen LogP contribution in [-0.2, 0) is 0 Å². The normalized spacial score (nSPS) is 12.8. The summed E-state index contributed by atoms with van der Waals surface area (Å²) in [7, 11) is 0. The maximum atomic E-state index is 6.00. The largest absolute Gasteiger partial charge is 0.127 e. The SMILES string of the molecule is Clc1ccc(C(Br)c2ccc3cc(Br)ccc3c2)s1. The third kappa shape index (κ3) is 2.89. The Hall–Kier alpha value is -0.350. The van der Waals surface area contributed by atoms with Gasteiger partial charge in [0.2, 0.25) is 0 Å². The lowest BCUT2D eigenvalue weighted by Gasteiger charge is -2.09. The molecule has 0 saturated carbocycles. The molecule has 96 valence electrons. The molecule has 1 atom stereocenters. The fourth-order valence-electron chi connectivity index (χ4n) is 2.02. The molecule has 0 aliphatic rings. The molecule has 1 aromatic heterocycles. The van der Waals surface area contributed by atoms with E-state index in [0.29, 0.717) is 0 Å². The highest BCUT2D eigenvalue weighted by Crippen LogP contribution is 2.37. The van der Waals surface area contributed by atoms with Crippen LogP contribution in [0, 0.1) is 0 Å². The summed E-state index contributed by atoms with van der Waals surface area (Å²) in [5.74, 6) is 0. The van der Waals surface area contributed by atoms with E-state index in [9.17, 15) is 0 Å². The van der Waals surface area contributed by atoms with Gasteiger partial charge in [-0.05, 0) is 46.7 Å². The highest BCUT2D eigenvalue weighted by molar-refractivity contribution is 9.10. The quantitative estimate of drug-likeness (QED) is 0.403. The van der Waals surface area contributed by atoms with Crippen LogP contribution in [0.2, 0.25) is 4.34 Å². The van der Waals surface area contributed by atoms with Crippen LogP contribution in [0.5, 0.6) is 0 Å². The van der Waals surface area contributed by atoms with Gasteiger partial charge in [-0.1, -0.05) is 61.7 Å². The molecule has 4 heteroatoms.